The van der Waals surface area contributed by atoms with Gasteiger partial charge in [0.15, 0.2) is 5.82 Å². The molecule has 62 heavy (non-hydrogen) atoms. The summed E-state index contributed by atoms with van der Waals surface area (Å²) >= 11 is 0. The maximum Gasteiger partial charge on any atom is 0.162 e. The number of aromatic nitrogens is 4. The summed E-state index contributed by atoms with van der Waals surface area (Å²) in [5, 5.41) is 4.64. The van der Waals surface area contributed by atoms with Crippen molar-refractivity contribution in [2.75, 3.05) is 0 Å². The third-order valence-electron chi connectivity index (χ3n) is 12.1. The molecule has 0 fully saturated rings. The maximum atomic E-state index is 5.41. The van der Waals surface area contributed by atoms with Crippen LogP contribution in [-0.2, 0) is 0 Å². The Balaban J connectivity index is 0.999. The Morgan fingerprint density at radius 3 is 1.50 bits per heavy atom. The number of rotatable bonds is 7. The Morgan fingerprint density at radius 2 is 0.774 bits per heavy atom. The molecular weight excluding hydrogens is 753 g/mol. The third kappa shape index (κ3) is 5.92. The lowest BCUT2D eigenvalue weighted by atomic mass is 9.95. The molecule has 3 aromatic heterocycles. The van der Waals surface area contributed by atoms with Crippen LogP contribution in [-0.4, -0.2) is 19.1 Å². The van der Waals surface area contributed by atoms with Gasteiger partial charge in [-0.25, -0.2) is 9.97 Å². The first kappa shape index (κ1) is 35.6. The van der Waals surface area contributed by atoms with Crippen LogP contribution in [0.15, 0.2) is 231 Å². The van der Waals surface area contributed by atoms with E-state index in [9.17, 15) is 0 Å². The van der Waals surface area contributed by atoms with Gasteiger partial charge in [0.25, 0.3) is 0 Å². The molecule has 0 aliphatic carbocycles. The van der Waals surface area contributed by atoms with Crippen LogP contribution >= 0.6 is 0 Å². The smallest absolute Gasteiger partial charge is 0.162 e. The van der Waals surface area contributed by atoms with Crippen molar-refractivity contribution in [1.29, 1.82) is 0 Å². The van der Waals surface area contributed by atoms with E-state index in [0.29, 0.717) is 5.82 Å². The molecule has 0 saturated carbocycles. The Labute approximate surface area is 359 Å². The average molecular weight is 791 g/mol. The predicted molar refractivity (Wildman–Crippen MR) is 258 cm³/mol. The molecule has 0 atom stereocenters. The summed E-state index contributed by atoms with van der Waals surface area (Å²) in [5.74, 6) is 0.684. The van der Waals surface area contributed by atoms with Crippen LogP contribution in [0.4, 0.5) is 0 Å². The predicted octanol–water partition coefficient (Wildman–Crippen LogP) is 15.0. The molecule has 0 aliphatic rings. The molecule has 0 saturated heterocycles. The first-order valence-electron chi connectivity index (χ1n) is 21.1. The lowest BCUT2D eigenvalue weighted by molar-refractivity contribution is 1.11. The van der Waals surface area contributed by atoms with Gasteiger partial charge < -0.3 is 4.57 Å². The summed E-state index contributed by atoms with van der Waals surface area (Å²) in [4.78, 5) is 10.8. The van der Waals surface area contributed by atoms with Crippen LogP contribution in [0.25, 0.3) is 111 Å². The van der Waals surface area contributed by atoms with Gasteiger partial charge >= 0.3 is 0 Å². The number of nitrogens with zero attached hydrogens (tertiary/aromatic N) is 4. The van der Waals surface area contributed by atoms with Gasteiger partial charge in [0.2, 0.25) is 0 Å². The van der Waals surface area contributed by atoms with Crippen molar-refractivity contribution in [2.24, 2.45) is 0 Å². The monoisotopic (exact) mass is 790 g/mol. The number of hydrogen-bond donors (Lipinski definition) is 0. The molecule has 12 rings (SSSR count). The average Bonchev–Trinajstić information content (AvgIpc) is 3.88. The summed E-state index contributed by atoms with van der Waals surface area (Å²) in [6.45, 7) is 0. The first-order valence-corrected chi connectivity index (χ1v) is 21.1. The molecule has 12 aromatic rings. The molecule has 4 heteroatoms. The summed E-state index contributed by atoms with van der Waals surface area (Å²) < 4.78 is 4.68. The molecule has 0 bridgehead atoms. The normalized spacial score (nSPS) is 11.5. The molecule has 3 heterocycles. The SMILES string of the molecule is c1ccc(-c2cccc(-n3c4ccccc4c4c(-c5cccc(-c6cccc(-c7nc(-c8ccccc8)c8c9ccccc9n(-c9ccccc9)c8n7)c6)c5)cccc43)c2)cc1. The van der Waals surface area contributed by atoms with E-state index in [2.05, 4.69) is 240 Å². The number of fused-ring (bicyclic) bond motifs is 6. The fourth-order valence-electron chi connectivity index (χ4n) is 9.32. The Bertz CT molecular complexity index is 3620. The van der Waals surface area contributed by atoms with Crippen LogP contribution in [0.5, 0.6) is 0 Å². The van der Waals surface area contributed by atoms with E-state index in [1.807, 2.05) is 0 Å². The number of benzene rings is 9. The Kier molecular flexibility index (Phi) is 8.46. The highest BCUT2D eigenvalue weighted by molar-refractivity contribution is 6.16. The summed E-state index contributed by atoms with van der Waals surface area (Å²) in [5.41, 5.74) is 16.5. The Morgan fingerprint density at radius 1 is 0.290 bits per heavy atom. The van der Waals surface area contributed by atoms with Crippen LogP contribution in [0, 0.1) is 0 Å². The van der Waals surface area contributed by atoms with E-state index >= 15 is 0 Å². The fourth-order valence-corrected chi connectivity index (χ4v) is 9.32. The van der Waals surface area contributed by atoms with Crippen molar-refractivity contribution in [1.82, 2.24) is 19.1 Å². The van der Waals surface area contributed by atoms with Crippen molar-refractivity contribution < 1.29 is 0 Å². The largest absolute Gasteiger partial charge is 0.309 e. The third-order valence-corrected chi connectivity index (χ3v) is 12.1. The number of hydrogen-bond acceptors (Lipinski definition) is 2. The molecule has 4 nitrogen and oxygen atoms in total. The standard InChI is InChI=1S/C58H38N4/c1-4-18-39(19-5-1)43-24-16-29-47(38-43)61-51-33-12-10-30-49(51)54-48(32-17-35-53(54)61)44-25-14-22-41(36-44)42-23-15-26-45(37-42)57-59-56(40-20-6-2-7-21-40)55-50-31-11-13-34-52(50)62(58(55)60-57)46-27-8-3-9-28-46/h1-38H. The lowest BCUT2D eigenvalue weighted by Gasteiger charge is -2.12. The zero-order valence-electron chi connectivity index (χ0n) is 33.7. The van der Waals surface area contributed by atoms with Crippen molar-refractivity contribution >= 4 is 43.7 Å². The van der Waals surface area contributed by atoms with Gasteiger partial charge in [0.1, 0.15) is 5.65 Å². The van der Waals surface area contributed by atoms with Crippen LogP contribution in [0.1, 0.15) is 0 Å². The zero-order valence-corrected chi connectivity index (χ0v) is 33.7. The van der Waals surface area contributed by atoms with Crippen molar-refractivity contribution in [3.8, 4) is 67.4 Å². The minimum absolute atomic E-state index is 0.684. The van der Waals surface area contributed by atoms with Crippen LogP contribution < -0.4 is 0 Å². The summed E-state index contributed by atoms with van der Waals surface area (Å²) in [6.07, 6.45) is 0. The topological polar surface area (TPSA) is 35.6 Å². The number of para-hydroxylation sites is 3. The van der Waals surface area contributed by atoms with Crippen molar-refractivity contribution in [3.05, 3.63) is 231 Å². The highest BCUT2D eigenvalue weighted by atomic mass is 15.1. The van der Waals surface area contributed by atoms with Crippen LogP contribution in [0.2, 0.25) is 0 Å². The first-order chi connectivity index (χ1) is 30.8. The molecule has 0 spiro atoms. The molecule has 0 aliphatic heterocycles. The fraction of sp³-hybridized carbons (Fsp3) is 0. The van der Waals surface area contributed by atoms with Crippen molar-refractivity contribution in [2.45, 2.75) is 0 Å². The maximum absolute atomic E-state index is 5.41. The van der Waals surface area contributed by atoms with Gasteiger partial charge in [0, 0.05) is 38.7 Å². The van der Waals surface area contributed by atoms with E-state index in [1.54, 1.807) is 0 Å². The zero-order chi connectivity index (χ0) is 41.0. The molecular formula is C58H38N4. The van der Waals surface area contributed by atoms with Gasteiger partial charge in [-0.3, -0.25) is 4.57 Å². The van der Waals surface area contributed by atoms with Gasteiger partial charge in [0.05, 0.1) is 27.6 Å². The molecule has 290 valence electrons. The van der Waals surface area contributed by atoms with E-state index in [0.717, 1.165) is 66.8 Å². The second-order valence-corrected chi connectivity index (χ2v) is 15.8. The quantitative estimate of drug-likeness (QED) is 0.161. The van der Waals surface area contributed by atoms with E-state index in [-0.39, 0.29) is 0 Å². The van der Waals surface area contributed by atoms with Gasteiger partial charge in [-0.05, 0) is 88.0 Å². The molecule has 0 N–H and O–H groups in total. The van der Waals surface area contributed by atoms with Gasteiger partial charge in [-0.15, -0.1) is 0 Å². The lowest BCUT2D eigenvalue weighted by Crippen LogP contribution is -1.99. The highest BCUT2D eigenvalue weighted by Crippen LogP contribution is 2.41. The summed E-state index contributed by atoms with van der Waals surface area (Å²) in [7, 11) is 0. The van der Waals surface area contributed by atoms with Crippen molar-refractivity contribution in [3.63, 3.8) is 0 Å². The van der Waals surface area contributed by atoms with Crippen LogP contribution in [0.3, 0.4) is 0 Å². The molecule has 0 unspecified atom stereocenters. The van der Waals surface area contributed by atoms with E-state index in [4.69, 9.17) is 9.97 Å². The van der Waals surface area contributed by atoms with Gasteiger partial charge in [-0.2, -0.15) is 0 Å². The summed E-state index contributed by atoms with van der Waals surface area (Å²) in [6, 6.07) is 82.1. The minimum atomic E-state index is 0.684. The van der Waals surface area contributed by atoms with E-state index < -0.39 is 0 Å². The van der Waals surface area contributed by atoms with E-state index in [1.165, 1.54) is 38.5 Å². The highest BCUT2D eigenvalue weighted by Gasteiger charge is 2.21. The molecule has 0 radical (unpaired) electrons. The second kappa shape index (κ2) is 14.7. The molecule has 9 aromatic carbocycles. The Hall–Kier alpha value is -8.34. The molecule has 0 amide bonds. The minimum Gasteiger partial charge on any atom is -0.309 e. The van der Waals surface area contributed by atoms with Gasteiger partial charge in [-0.1, -0.05) is 176 Å². The second-order valence-electron chi connectivity index (χ2n) is 15.8.